The monoisotopic (exact) mass is 476 g/mol. The van der Waals surface area contributed by atoms with Crippen molar-refractivity contribution in [3.8, 4) is 5.75 Å². The molecule has 3 nitrogen and oxygen atoms in total. The number of rotatable bonds is 10. The number of nitrogens with one attached hydrogen (secondary N) is 1. The number of para-hydroxylation sites is 1. The molecule has 7 heteroatoms. The number of hydrogen-bond acceptors (Lipinski definition) is 3. The Morgan fingerprint density at radius 3 is 2.44 bits per heavy atom. The van der Waals surface area contributed by atoms with E-state index in [-0.39, 0.29) is 19.4 Å². The van der Waals surface area contributed by atoms with E-state index in [0.717, 1.165) is 6.42 Å². The molecule has 1 N–H and O–H groups in total. The van der Waals surface area contributed by atoms with Crippen LogP contribution in [-0.4, -0.2) is 30.4 Å². The Hall–Kier alpha value is -2.67. The maximum atomic E-state index is 15.0. The minimum absolute atomic E-state index is 0.218. The van der Waals surface area contributed by atoms with Crippen molar-refractivity contribution in [2.24, 2.45) is 0 Å². The summed E-state index contributed by atoms with van der Waals surface area (Å²) in [7, 11) is 1.44. The zero-order chi connectivity index (χ0) is 25.0. The average Bonchev–Trinajstić information content (AvgIpc) is 2.78. The number of methoxy groups -OCH3 is 1. The van der Waals surface area contributed by atoms with Crippen LogP contribution in [0.5, 0.6) is 5.75 Å². The van der Waals surface area contributed by atoms with Crippen LogP contribution in [0.2, 0.25) is 0 Å². The van der Waals surface area contributed by atoms with Gasteiger partial charge in [-0.3, -0.25) is 4.98 Å². The summed E-state index contributed by atoms with van der Waals surface area (Å²) in [6.45, 7) is 5.57. The van der Waals surface area contributed by atoms with Gasteiger partial charge in [-0.2, -0.15) is 13.2 Å². The highest BCUT2D eigenvalue weighted by Crippen LogP contribution is 2.45. The summed E-state index contributed by atoms with van der Waals surface area (Å²) in [5, 5.41) is 3.58. The maximum Gasteiger partial charge on any atom is 0.406 e. The molecule has 184 valence electrons. The number of alkyl halides is 3. The normalized spacial score (nSPS) is 14.2. The van der Waals surface area contributed by atoms with Gasteiger partial charge in [-0.25, -0.2) is 4.39 Å². The standard InChI is InChI=1S/C27H32F4N2O/c1-5-6-14-33-26(27(29,30)31,17-19-13-15-32-23-10-8-7-9-21(19)23)18-25(2,3)22-16-20(28)11-12-24(22)34-4/h7-13,15-16,33H,5-6,14,17-18H2,1-4H3. The number of pyridine rings is 1. The molecule has 0 radical (unpaired) electrons. The van der Waals surface area contributed by atoms with E-state index in [2.05, 4.69) is 10.3 Å². The first-order valence-corrected chi connectivity index (χ1v) is 11.5. The zero-order valence-electron chi connectivity index (χ0n) is 20.1. The Labute approximate surface area is 198 Å². The van der Waals surface area contributed by atoms with Gasteiger partial charge in [-0.05, 0) is 60.7 Å². The lowest BCUT2D eigenvalue weighted by Crippen LogP contribution is -2.61. The predicted molar refractivity (Wildman–Crippen MR) is 128 cm³/mol. The van der Waals surface area contributed by atoms with E-state index in [9.17, 15) is 4.39 Å². The summed E-state index contributed by atoms with van der Waals surface area (Å²) in [6.07, 6.45) is -2.22. The second-order valence-corrected chi connectivity index (χ2v) is 9.43. The lowest BCUT2D eigenvalue weighted by atomic mass is 9.70. The zero-order valence-corrected chi connectivity index (χ0v) is 20.1. The van der Waals surface area contributed by atoms with Crippen LogP contribution >= 0.6 is 0 Å². The number of ether oxygens (including phenoxy) is 1. The van der Waals surface area contributed by atoms with E-state index in [1.807, 2.05) is 13.0 Å². The average molecular weight is 477 g/mol. The molecule has 0 fully saturated rings. The molecule has 1 unspecified atom stereocenters. The van der Waals surface area contributed by atoms with Gasteiger partial charge in [0, 0.05) is 23.6 Å². The summed E-state index contributed by atoms with van der Waals surface area (Å²) in [6, 6.07) is 12.8. The summed E-state index contributed by atoms with van der Waals surface area (Å²) < 4.78 is 64.6. The van der Waals surface area contributed by atoms with Crippen molar-refractivity contribution in [1.29, 1.82) is 0 Å². The Kier molecular flexibility index (Phi) is 7.86. The fourth-order valence-electron chi connectivity index (χ4n) is 4.69. The third-order valence-electron chi connectivity index (χ3n) is 6.40. The quantitative estimate of drug-likeness (QED) is 0.253. The van der Waals surface area contributed by atoms with Gasteiger partial charge in [0.2, 0.25) is 0 Å². The number of benzene rings is 2. The van der Waals surface area contributed by atoms with Gasteiger partial charge < -0.3 is 10.1 Å². The molecule has 34 heavy (non-hydrogen) atoms. The molecule has 0 aliphatic carbocycles. The van der Waals surface area contributed by atoms with E-state index < -0.39 is 22.9 Å². The van der Waals surface area contributed by atoms with Crippen molar-refractivity contribution in [2.75, 3.05) is 13.7 Å². The van der Waals surface area contributed by atoms with E-state index in [0.29, 0.717) is 34.2 Å². The maximum absolute atomic E-state index is 15.0. The van der Waals surface area contributed by atoms with E-state index in [1.165, 1.54) is 25.3 Å². The molecule has 1 heterocycles. The summed E-state index contributed by atoms with van der Waals surface area (Å²) in [4.78, 5) is 4.30. The van der Waals surface area contributed by atoms with Gasteiger partial charge in [0.1, 0.15) is 17.1 Å². The molecule has 1 aromatic heterocycles. The second-order valence-electron chi connectivity index (χ2n) is 9.43. The molecule has 3 rings (SSSR count). The van der Waals surface area contributed by atoms with Gasteiger partial charge in [-0.15, -0.1) is 0 Å². The lowest BCUT2D eigenvalue weighted by molar-refractivity contribution is -0.202. The van der Waals surface area contributed by atoms with Crippen LogP contribution < -0.4 is 10.1 Å². The molecule has 3 aromatic rings. The number of hydrogen-bond donors (Lipinski definition) is 1. The van der Waals surface area contributed by atoms with Crippen LogP contribution in [0.25, 0.3) is 10.9 Å². The molecular weight excluding hydrogens is 444 g/mol. The number of fused-ring (bicyclic) bond motifs is 1. The van der Waals surface area contributed by atoms with Gasteiger partial charge in [-0.1, -0.05) is 45.4 Å². The second kappa shape index (κ2) is 10.3. The fourth-order valence-corrected chi connectivity index (χ4v) is 4.69. The molecule has 2 aromatic carbocycles. The van der Waals surface area contributed by atoms with Crippen molar-refractivity contribution < 1.29 is 22.3 Å². The van der Waals surface area contributed by atoms with Crippen molar-refractivity contribution >= 4 is 10.9 Å². The molecule has 1 atom stereocenters. The largest absolute Gasteiger partial charge is 0.496 e. The Bertz CT molecular complexity index is 1110. The predicted octanol–water partition coefficient (Wildman–Crippen LogP) is 6.98. The van der Waals surface area contributed by atoms with Crippen molar-refractivity contribution in [3.05, 3.63) is 71.7 Å². The fraction of sp³-hybridized carbons (Fsp3) is 0.444. The van der Waals surface area contributed by atoms with Gasteiger partial charge in [0.25, 0.3) is 0 Å². The van der Waals surface area contributed by atoms with Crippen LogP contribution in [0.4, 0.5) is 17.6 Å². The Balaban J connectivity index is 2.13. The number of nitrogens with zero attached hydrogens (tertiary/aromatic N) is 1. The van der Waals surface area contributed by atoms with E-state index in [4.69, 9.17) is 4.74 Å². The molecule has 0 aliphatic heterocycles. The smallest absolute Gasteiger partial charge is 0.406 e. The van der Waals surface area contributed by atoms with Crippen molar-refractivity contribution in [3.63, 3.8) is 0 Å². The summed E-state index contributed by atoms with van der Waals surface area (Å²) in [5.74, 6) is -0.147. The van der Waals surface area contributed by atoms with Gasteiger partial charge in [0.05, 0.1) is 12.6 Å². The molecule has 0 amide bonds. The van der Waals surface area contributed by atoms with Gasteiger partial charge in [0.15, 0.2) is 0 Å². The molecule has 0 bridgehead atoms. The van der Waals surface area contributed by atoms with Crippen LogP contribution in [0, 0.1) is 5.82 Å². The topological polar surface area (TPSA) is 34.2 Å². The number of halogens is 4. The van der Waals surface area contributed by atoms with E-state index in [1.54, 1.807) is 44.3 Å². The highest BCUT2D eigenvalue weighted by atomic mass is 19.4. The first-order chi connectivity index (χ1) is 16.0. The van der Waals surface area contributed by atoms with Crippen LogP contribution in [-0.2, 0) is 11.8 Å². The Morgan fingerprint density at radius 1 is 1.03 bits per heavy atom. The number of aromatic nitrogens is 1. The molecule has 0 spiro atoms. The summed E-state index contributed by atoms with van der Waals surface area (Å²) in [5.41, 5.74) is -1.68. The van der Waals surface area contributed by atoms with Crippen molar-refractivity contribution in [2.45, 2.75) is 63.6 Å². The van der Waals surface area contributed by atoms with Crippen LogP contribution in [0.1, 0.15) is 51.2 Å². The number of unbranched alkanes of at least 4 members (excludes halogenated alkanes) is 1. The van der Waals surface area contributed by atoms with Crippen molar-refractivity contribution in [1.82, 2.24) is 10.3 Å². The van der Waals surface area contributed by atoms with Gasteiger partial charge >= 0.3 is 6.18 Å². The minimum atomic E-state index is -4.57. The van der Waals surface area contributed by atoms with E-state index >= 15 is 13.2 Å². The molecule has 0 saturated heterocycles. The molecule has 0 saturated carbocycles. The molecule has 0 aliphatic rings. The first-order valence-electron chi connectivity index (χ1n) is 11.5. The minimum Gasteiger partial charge on any atom is -0.496 e. The highest BCUT2D eigenvalue weighted by Gasteiger charge is 2.56. The lowest BCUT2D eigenvalue weighted by Gasteiger charge is -2.43. The third-order valence-corrected chi connectivity index (χ3v) is 6.40. The first kappa shape index (κ1) is 25.9. The molecular formula is C27H32F4N2O. The van der Waals surface area contributed by atoms with Crippen LogP contribution in [0.3, 0.4) is 0 Å². The summed E-state index contributed by atoms with van der Waals surface area (Å²) >= 11 is 0. The SMILES string of the molecule is CCCCNC(Cc1ccnc2ccccc12)(CC(C)(C)c1cc(F)ccc1OC)C(F)(F)F. The highest BCUT2D eigenvalue weighted by molar-refractivity contribution is 5.82. The Morgan fingerprint density at radius 2 is 1.76 bits per heavy atom. The van der Waals surface area contributed by atoms with Crippen LogP contribution in [0.15, 0.2) is 54.7 Å². The third kappa shape index (κ3) is 5.52.